The minimum Gasteiger partial charge on any atom is -0.387 e. The number of phosphoric acid groups is 3. The molecule has 68 heavy (non-hydrogen) atoms. The van der Waals surface area contributed by atoms with E-state index < -0.39 is 138 Å². The van der Waals surface area contributed by atoms with Gasteiger partial charge >= 0.3 is 47.3 Å². The highest BCUT2D eigenvalue weighted by Crippen LogP contribution is 2.62. The molecule has 0 bridgehead atoms. The standard InChI is InChI=1S/C31H36N7O27P3/c1-12(39)28(46)61-60-17(41)6-15(30(48)63-62-29(47)13(2)40)31(22(44)21(64-66(49,50)51)27(59-31)38-11-36-18-23(32)34-10-35-25(18)38)9-57-68(54,55)65-67(52,53)56-8-16-19(42)20(43)26(58-16)37-5-3-4-14(7-37)24(33)45/h3,5-7,10-11,16,19-22,26-27,42-44H,4,8-9H2,1-2H3,(H2,33,45)(H,52,53)(H,54,55)(H2,32,34,35)(H2,49,50,51)/b15-6+/t16-,19-,20-,21-,22-,26-,27-,31+/m1/s1. The van der Waals surface area contributed by atoms with Crippen LogP contribution >= 0.6 is 23.5 Å². The number of aliphatic hydroxyl groups excluding tert-OH is 3. The molecule has 372 valence electrons. The Hall–Kier alpha value is -5.77. The van der Waals surface area contributed by atoms with Gasteiger partial charge in [0.05, 0.1) is 25.1 Å². The number of Topliss-reactive ketones (excluding diaryl/α,β-unsaturated/α-hetero) is 2. The number of hydrogen-bond acceptors (Lipinski definition) is 28. The number of rotatable bonds is 18. The third-order valence-corrected chi connectivity index (χ3v) is 12.2. The van der Waals surface area contributed by atoms with Gasteiger partial charge in [0.1, 0.15) is 42.4 Å². The molecule has 5 heterocycles. The Balaban J connectivity index is 1.52. The van der Waals surface area contributed by atoms with Crippen molar-refractivity contribution >= 4 is 81.8 Å². The van der Waals surface area contributed by atoms with E-state index in [2.05, 4.69) is 38.8 Å². The van der Waals surface area contributed by atoms with Gasteiger partial charge in [-0.05, 0) is 6.42 Å². The summed E-state index contributed by atoms with van der Waals surface area (Å²) in [5.41, 5.74) is 5.24. The summed E-state index contributed by atoms with van der Waals surface area (Å²) in [7, 11) is -18.1. The monoisotopic (exact) mass is 1030 g/mol. The minimum absolute atomic E-state index is 0.0584. The zero-order chi connectivity index (χ0) is 50.7. The maximum atomic E-state index is 13.7. The Morgan fingerprint density at radius 3 is 2.10 bits per heavy atom. The predicted molar refractivity (Wildman–Crippen MR) is 206 cm³/mol. The van der Waals surface area contributed by atoms with Crippen molar-refractivity contribution in [2.24, 2.45) is 5.73 Å². The molecule has 2 fully saturated rings. The lowest BCUT2D eigenvalue weighted by atomic mass is 9.87. The van der Waals surface area contributed by atoms with Crippen LogP contribution in [0, 0.1) is 0 Å². The summed E-state index contributed by atoms with van der Waals surface area (Å²) in [6.07, 6.45) is -9.31. The van der Waals surface area contributed by atoms with E-state index in [1.807, 2.05) is 0 Å². The molecule has 0 aliphatic carbocycles. The maximum Gasteiger partial charge on any atom is 0.481 e. The van der Waals surface area contributed by atoms with Crippen molar-refractivity contribution in [2.75, 3.05) is 18.9 Å². The molecule has 3 aliphatic rings. The number of allylic oxidation sites excluding steroid dienone is 1. The summed E-state index contributed by atoms with van der Waals surface area (Å²) < 4.78 is 69.4. The number of ether oxygens (including phenoxy) is 2. The number of nitrogens with zero attached hydrogens (tertiary/aromatic N) is 5. The fourth-order valence-electron chi connectivity index (χ4n) is 6.08. The average molecular weight is 1030 g/mol. The number of imidazole rings is 1. The highest BCUT2D eigenvalue weighted by molar-refractivity contribution is 7.61. The molecule has 0 saturated carbocycles. The van der Waals surface area contributed by atoms with Crippen LogP contribution in [0.3, 0.4) is 0 Å². The van der Waals surface area contributed by atoms with Crippen LogP contribution in [-0.2, 0) is 94.2 Å². The topological polar surface area (TPSA) is 503 Å². The maximum absolute atomic E-state index is 13.7. The zero-order valence-corrected chi connectivity index (χ0v) is 36.8. The molecule has 0 radical (unpaired) electrons. The number of nitrogens with two attached hydrogens (primary N) is 2. The number of aromatic nitrogens is 4. The van der Waals surface area contributed by atoms with Gasteiger partial charge in [-0.3, -0.25) is 32.5 Å². The fourth-order valence-corrected chi connectivity index (χ4v) is 8.73. The second-order valence-corrected chi connectivity index (χ2v) is 18.1. The van der Waals surface area contributed by atoms with Gasteiger partial charge in [0.25, 0.3) is 0 Å². The number of anilines is 1. The highest BCUT2D eigenvalue weighted by atomic mass is 31.3. The van der Waals surface area contributed by atoms with E-state index in [0.717, 1.165) is 17.6 Å². The third kappa shape index (κ3) is 12.5. The molecule has 11 N–H and O–H groups in total. The lowest BCUT2D eigenvalue weighted by Gasteiger charge is -2.33. The van der Waals surface area contributed by atoms with Gasteiger partial charge in [0.15, 0.2) is 29.5 Å². The Labute approximate surface area is 376 Å². The summed E-state index contributed by atoms with van der Waals surface area (Å²) in [6, 6.07) is 0. The Bertz CT molecular complexity index is 2620. The average Bonchev–Trinajstić information content (AvgIpc) is 3.90. The van der Waals surface area contributed by atoms with Crippen molar-refractivity contribution in [1.29, 1.82) is 0 Å². The number of aliphatic hydroxyl groups is 3. The lowest BCUT2D eigenvalue weighted by molar-refractivity contribution is -0.256. The number of phosphoric ester groups is 3. The number of ketones is 2. The molecule has 37 heteroatoms. The summed E-state index contributed by atoms with van der Waals surface area (Å²) in [5.74, 6) is -12.0. The van der Waals surface area contributed by atoms with E-state index in [4.69, 9.17) is 34.5 Å². The van der Waals surface area contributed by atoms with E-state index in [1.54, 1.807) is 0 Å². The Kier molecular flexibility index (Phi) is 16.3. The molecule has 3 aliphatic heterocycles. The van der Waals surface area contributed by atoms with Gasteiger partial charge in [-0.2, -0.15) is 4.31 Å². The molecule has 2 aromatic rings. The van der Waals surface area contributed by atoms with Gasteiger partial charge in [0.2, 0.25) is 17.5 Å². The van der Waals surface area contributed by atoms with Crippen LogP contribution in [0.4, 0.5) is 5.82 Å². The van der Waals surface area contributed by atoms with Crippen LogP contribution < -0.4 is 11.5 Å². The van der Waals surface area contributed by atoms with Crippen LogP contribution in [0.1, 0.15) is 26.5 Å². The smallest absolute Gasteiger partial charge is 0.387 e. The molecule has 34 nitrogen and oxygen atoms in total. The van der Waals surface area contributed by atoms with Crippen molar-refractivity contribution in [3.05, 3.63) is 48.4 Å². The van der Waals surface area contributed by atoms with Crippen molar-refractivity contribution < 1.29 is 129 Å². The second-order valence-electron chi connectivity index (χ2n) is 13.9. The molecular weight excluding hydrogens is 995 g/mol. The molecule has 2 unspecified atom stereocenters. The van der Waals surface area contributed by atoms with Crippen molar-refractivity contribution in [2.45, 2.75) is 68.8 Å². The van der Waals surface area contributed by atoms with Crippen LogP contribution in [-0.4, -0.2) is 156 Å². The normalized spacial score (nSPS) is 26.8. The SMILES string of the molecule is CC(=O)C(=O)OOC(=O)/C=C(\C(=O)OOC(=O)C(C)=O)[C@]1(COP(=O)(O)OP(=O)(O)OC[C@H]2O[C@@H](N3C=CCC(C(N)=O)=C3)[C@H](O)[C@@H]2O)O[C@@H](n2cnc3c(N)ncnc32)[C@H](OP(=O)(O)O)[C@H]1O. The van der Waals surface area contributed by atoms with Crippen LogP contribution in [0.2, 0.25) is 0 Å². The molecular formula is C31H36N7O27P3. The van der Waals surface area contributed by atoms with E-state index in [1.165, 1.54) is 18.5 Å². The van der Waals surface area contributed by atoms with Crippen LogP contribution in [0.5, 0.6) is 0 Å². The lowest BCUT2D eigenvalue weighted by Crippen LogP contribution is -2.51. The third-order valence-electron chi connectivity index (χ3n) is 9.14. The van der Waals surface area contributed by atoms with Crippen molar-refractivity contribution in [3.63, 3.8) is 0 Å². The van der Waals surface area contributed by atoms with Crippen molar-refractivity contribution in [3.8, 4) is 0 Å². The van der Waals surface area contributed by atoms with E-state index in [-0.39, 0.29) is 29.4 Å². The van der Waals surface area contributed by atoms with Crippen LogP contribution in [0.25, 0.3) is 11.2 Å². The zero-order valence-electron chi connectivity index (χ0n) is 34.2. The molecule has 10 atom stereocenters. The summed E-state index contributed by atoms with van der Waals surface area (Å²) in [4.78, 5) is 155. The molecule has 0 spiro atoms. The van der Waals surface area contributed by atoms with E-state index >= 15 is 0 Å². The summed E-state index contributed by atoms with van der Waals surface area (Å²) >= 11 is 0. The van der Waals surface area contributed by atoms with Gasteiger partial charge in [-0.1, -0.05) is 6.08 Å². The fraction of sp³-hybridized carbons (Fsp3) is 0.419. The quantitative estimate of drug-likeness (QED) is 0.0225. The second kappa shape index (κ2) is 20.8. The Morgan fingerprint density at radius 2 is 1.49 bits per heavy atom. The van der Waals surface area contributed by atoms with Gasteiger partial charge < -0.3 is 60.7 Å². The largest absolute Gasteiger partial charge is 0.481 e. The minimum atomic E-state index is -6.28. The first-order valence-electron chi connectivity index (χ1n) is 18.3. The molecule has 1 amide bonds. The Morgan fingerprint density at radius 1 is 0.868 bits per heavy atom. The molecule has 0 aromatic carbocycles. The van der Waals surface area contributed by atoms with E-state index in [0.29, 0.717) is 18.4 Å². The first-order chi connectivity index (χ1) is 31.6. The summed E-state index contributed by atoms with van der Waals surface area (Å²) in [6.45, 7) is -1.96. The van der Waals surface area contributed by atoms with Gasteiger partial charge in [0, 0.05) is 37.9 Å². The number of carbonyl (C=O) groups excluding carboxylic acids is 7. The number of fused-ring (bicyclic) bond motifs is 1. The number of hydrogen-bond donors (Lipinski definition) is 9. The first-order valence-corrected chi connectivity index (χ1v) is 22.8. The summed E-state index contributed by atoms with van der Waals surface area (Å²) in [5, 5.41) is 33.1. The molecule has 5 rings (SSSR count). The molecule has 2 saturated heterocycles. The van der Waals surface area contributed by atoms with Gasteiger partial charge in [-0.25, -0.2) is 67.4 Å². The molecule has 2 aromatic heterocycles. The highest BCUT2D eigenvalue weighted by Gasteiger charge is 2.63. The number of nitrogen functional groups attached to an aromatic ring is 1. The number of amides is 1. The number of primary amides is 1. The van der Waals surface area contributed by atoms with Gasteiger partial charge in [-0.15, -0.1) is 0 Å². The van der Waals surface area contributed by atoms with Crippen LogP contribution in [0.15, 0.2) is 48.4 Å². The van der Waals surface area contributed by atoms with Crippen molar-refractivity contribution in [1.82, 2.24) is 24.4 Å². The predicted octanol–water partition coefficient (Wildman–Crippen LogP) is -4.09. The van der Waals surface area contributed by atoms with E-state index in [9.17, 15) is 82.2 Å². The first kappa shape index (κ1) is 53.2. The number of carbonyl (C=O) groups is 7.